The van der Waals surface area contributed by atoms with Gasteiger partial charge in [-0.15, -0.1) is 0 Å². The summed E-state index contributed by atoms with van der Waals surface area (Å²) in [6.45, 7) is 3.40. The van der Waals surface area contributed by atoms with Gasteiger partial charge in [0, 0.05) is 29.8 Å². The molecular formula is C15H18N2O3. The molecule has 0 saturated heterocycles. The lowest BCUT2D eigenvalue weighted by molar-refractivity contribution is 0.0994. The molecule has 0 saturated carbocycles. The summed E-state index contributed by atoms with van der Waals surface area (Å²) < 4.78 is 13.2. The van der Waals surface area contributed by atoms with Crippen molar-refractivity contribution in [2.24, 2.45) is 7.05 Å². The summed E-state index contributed by atoms with van der Waals surface area (Å²) in [7, 11) is 3.74. The summed E-state index contributed by atoms with van der Waals surface area (Å²) in [5.74, 6) is 1.55. The number of Topliss-reactive ketones (excluding diaryl/α,β-unsaturated/α-hetero) is 1. The number of carbonyl (C=O) groups is 1. The Balaban J connectivity index is 2.24. The molecule has 0 fully saturated rings. The second-order valence-electron chi connectivity index (χ2n) is 4.99. The minimum atomic E-state index is 0.0901. The van der Waals surface area contributed by atoms with Gasteiger partial charge >= 0.3 is 0 Å². The van der Waals surface area contributed by atoms with Crippen molar-refractivity contribution in [3.8, 4) is 11.5 Å². The first-order chi connectivity index (χ1) is 9.63. The summed E-state index contributed by atoms with van der Waals surface area (Å²) in [6.07, 6.45) is 0. The molecular weight excluding hydrogens is 256 g/mol. The van der Waals surface area contributed by atoms with E-state index in [2.05, 4.69) is 5.32 Å². The first kappa shape index (κ1) is 13.0. The number of aromatic nitrogens is 1. The Morgan fingerprint density at radius 3 is 2.60 bits per heavy atom. The molecule has 0 unspecified atom stereocenters. The number of hydrogen-bond acceptors (Lipinski definition) is 4. The molecule has 0 atom stereocenters. The van der Waals surface area contributed by atoms with Crippen LogP contribution in [0.4, 0.5) is 0 Å². The van der Waals surface area contributed by atoms with E-state index in [-0.39, 0.29) is 5.78 Å². The van der Waals surface area contributed by atoms with Gasteiger partial charge in [0.05, 0.1) is 12.1 Å². The first-order valence-electron chi connectivity index (χ1n) is 6.70. The second-order valence-corrected chi connectivity index (χ2v) is 4.99. The molecule has 2 heterocycles. The monoisotopic (exact) mass is 274 g/mol. The van der Waals surface area contributed by atoms with Gasteiger partial charge in [-0.1, -0.05) is 0 Å². The summed E-state index contributed by atoms with van der Waals surface area (Å²) in [5.41, 5.74) is 2.71. The third kappa shape index (κ3) is 1.86. The van der Waals surface area contributed by atoms with Crippen LogP contribution in [0, 0.1) is 6.92 Å². The standard InChI is InChI=1S/C15H18N2O3/c1-9-15(12(18)8-16-2)10-6-13-14(20-5-4-19-13)7-11(10)17(9)3/h6-7,16H,4-5,8H2,1-3H3. The summed E-state index contributed by atoms with van der Waals surface area (Å²) >= 11 is 0. The highest BCUT2D eigenvalue weighted by Gasteiger charge is 2.21. The van der Waals surface area contributed by atoms with Gasteiger partial charge in [-0.05, 0) is 20.0 Å². The highest BCUT2D eigenvalue weighted by Crippen LogP contribution is 2.37. The van der Waals surface area contributed by atoms with Gasteiger partial charge in [0.15, 0.2) is 17.3 Å². The van der Waals surface area contributed by atoms with Crippen LogP contribution in [0.15, 0.2) is 12.1 Å². The highest BCUT2D eigenvalue weighted by atomic mass is 16.6. The Hall–Kier alpha value is -2.01. The van der Waals surface area contributed by atoms with E-state index in [9.17, 15) is 4.79 Å². The van der Waals surface area contributed by atoms with Crippen LogP contribution < -0.4 is 14.8 Å². The minimum Gasteiger partial charge on any atom is -0.486 e. The fourth-order valence-electron chi connectivity index (χ4n) is 2.70. The van der Waals surface area contributed by atoms with E-state index < -0.39 is 0 Å². The van der Waals surface area contributed by atoms with Gasteiger partial charge in [0.1, 0.15) is 13.2 Å². The lowest BCUT2D eigenvalue weighted by Crippen LogP contribution is -2.19. The van der Waals surface area contributed by atoms with Crippen molar-refractivity contribution in [2.45, 2.75) is 6.92 Å². The molecule has 0 spiro atoms. The molecule has 106 valence electrons. The fourth-order valence-corrected chi connectivity index (χ4v) is 2.70. The Bertz CT molecular complexity index is 688. The van der Waals surface area contributed by atoms with Crippen LogP contribution in [0.2, 0.25) is 0 Å². The molecule has 0 radical (unpaired) electrons. The SMILES string of the molecule is CNCC(=O)c1c(C)n(C)c2cc3c(cc12)OCCO3. The van der Waals surface area contributed by atoms with E-state index in [1.54, 1.807) is 7.05 Å². The molecule has 3 rings (SSSR count). The van der Waals surface area contributed by atoms with Gasteiger partial charge in [-0.2, -0.15) is 0 Å². The number of likely N-dealkylation sites (N-methyl/N-ethyl adjacent to an activating group) is 1. The summed E-state index contributed by atoms with van der Waals surface area (Å²) in [5, 5.41) is 3.84. The Morgan fingerprint density at radius 1 is 1.30 bits per heavy atom. The molecule has 0 aliphatic carbocycles. The third-order valence-electron chi connectivity index (χ3n) is 3.77. The first-order valence-corrected chi connectivity index (χ1v) is 6.70. The molecule has 0 bridgehead atoms. The molecule has 5 nitrogen and oxygen atoms in total. The van der Waals surface area contributed by atoms with Crippen molar-refractivity contribution >= 4 is 16.7 Å². The molecule has 2 aromatic rings. The van der Waals surface area contributed by atoms with E-state index >= 15 is 0 Å². The molecule has 1 aliphatic rings. The summed E-state index contributed by atoms with van der Waals surface area (Å²) in [6, 6.07) is 3.87. The molecule has 1 N–H and O–H groups in total. The maximum atomic E-state index is 12.3. The van der Waals surface area contributed by atoms with Gasteiger partial charge in [0.25, 0.3) is 0 Å². The second kappa shape index (κ2) is 4.83. The number of ether oxygens (including phenoxy) is 2. The Kier molecular flexibility index (Phi) is 3.14. The largest absolute Gasteiger partial charge is 0.486 e. The van der Waals surface area contributed by atoms with Crippen molar-refractivity contribution in [2.75, 3.05) is 26.8 Å². The Morgan fingerprint density at radius 2 is 1.95 bits per heavy atom. The lowest BCUT2D eigenvalue weighted by Gasteiger charge is -2.18. The van der Waals surface area contributed by atoms with E-state index in [4.69, 9.17) is 9.47 Å². The smallest absolute Gasteiger partial charge is 0.179 e. The van der Waals surface area contributed by atoms with Gasteiger partial charge in [-0.25, -0.2) is 0 Å². The van der Waals surface area contributed by atoms with Crippen molar-refractivity contribution < 1.29 is 14.3 Å². The fraction of sp³-hybridized carbons (Fsp3) is 0.400. The maximum Gasteiger partial charge on any atom is 0.179 e. The topological polar surface area (TPSA) is 52.5 Å². The molecule has 20 heavy (non-hydrogen) atoms. The number of benzene rings is 1. The van der Waals surface area contributed by atoms with Crippen LogP contribution in [-0.4, -0.2) is 37.2 Å². The van der Waals surface area contributed by atoms with Crippen molar-refractivity contribution in [1.29, 1.82) is 0 Å². The number of fused-ring (bicyclic) bond motifs is 2. The summed E-state index contributed by atoms with van der Waals surface area (Å²) in [4.78, 5) is 12.3. The van der Waals surface area contributed by atoms with Gasteiger partial charge in [-0.3, -0.25) is 4.79 Å². The molecule has 1 aromatic heterocycles. The van der Waals surface area contributed by atoms with E-state index in [1.807, 2.05) is 30.7 Å². The van der Waals surface area contributed by atoms with Gasteiger partial charge in [0.2, 0.25) is 0 Å². The predicted molar refractivity (Wildman–Crippen MR) is 76.9 cm³/mol. The Labute approximate surface area is 117 Å². The van der Waals surface area contributed by atoms with Crippen molar-refractivity contribution in [3.63, 3.8) is 0 Å². The van der Waals surface area contributed by atoms with Gasteiger partial charge < -0.3 is 19.4 Å². The van der Waals surface area contributed by atoms with Crippen LogP contribution >= 0.6 is 0 Å². The predicted octanol–water partition coefficient (Wildman–Crippen LogP) is 1.66. The average molecular weight is 274 g/mol. The number of nitrogens with one attached hydrogen (secondary N) is 1. The van der Waals surface area contributed by atoms with E-state index in [1.165, 1.54) is 0 Å². The van der Waals surface area contributed by atoms with Crippen LogP contribution in [-0.2, 0) is 7.05 Å². The number of carbonyl (C=O) groups excluding carboxylic acids is 1. The zero-order chi connectivity index (χ0) is 14.3. The number of aryl methyl sites for hydroxylation is 1. The average Bonchev–Trinajstić information content (AvgIpc) is 2.69. The van der Waals surface area contributed by atoms with Crippen molar-refractivity contribution in [3.05, 3.63) is 23.4 Å². The molecule has 1 aromatic carbocycles. The normalized spacial score (nSPS) is 13.8. The van der Waals surface area contributed by atoms with E-state index in [0.717, 1.165) is 27.9 Å². The van der Waals surface area contributed by atoms with Crippen LogP contribution in [0.3, 0.4) is 0 Å². The third-order valence-corrected chi connectivity index (χ3v) is 3.77. The minimum absolute atomic E-state index is 0.0901. The number of nitrogens with zero attached hydrogens (tertiary/aromatic N) is 1. The van der Waals surface area contributed by atoms with Crippen LogP contribution in [0.25, 0.3) is 10.9 Å². The van der Waals surface area contributed by atoms with Crippen LogP contribution in [0.5, 0.6) is 11.5 Å². The van der Waals surface area contributed by atoms with Crippen molar-refractivity contribution in [1.82, 2.24) is 9.88 Å². The molecule has 0 amide bonds. The highest BCUT2D eigenvalue weighted by molar-refractivity contribution is 6.11. The quantitative estimate of drug-likeness (QED) is 0.865. The number of ketones is 1. The lowest BCUT2D eigenvalue weighted by atomic mass is 10.1. The zero-order valence-electron chi connectivity index (χ0n) is 11.9. The molecule has 1 aliphatic heterocycles. The van der Waals surface area contributed by atoms with Crippen LogP contribution in [0.1, 0.15) is 16.1 Å². The maximum absolute atomic E-state index is 12.3. The number of rotatable bonds is 3. The van der Waals surface area contributed by atoms with E-state index in [0.29, 0.717) is 25.5 Å². The zero-order valence-corrected chi connectivity index (χ0v) is 11.9. The molecule has 5 heteroatoms. The number of hydrogen-bond donors (Lipinski definition) is 1.